The SMILES string of the molecule is Cc1c(-c2ccc(N(c3cccc(-c4ccccc4)c3)c3cccc4ccccc34)cc2)nn2c(-c3ccccc3)cc3ccccc3c12. The van der Waals surface area contributed by atoms with Gasteiger partial charge < -0.3 is 4.90 Å². The molecule has 232 valence electrons. The lowest BCUT2D eigenvalue weighted by Crippen LogP contribution is -2.10. The molecule has 0 saturated heterocycles. The van der Waals surface area contributed by atoms with Crippen molar-refractivity contribution >= 4 is 44.1 Å². The Morgan fingerprint density at radius 3 is 1.84 bits per heavy atom. The first-order chi connectivity index (χ1) is 24.2. The molecule has 0 unspecified atom stereocenters. The molecule has 3 nitrogen and oxygen atoms in total. The molecule has 0 fully saturated rings. The minimum absolute atomic E-state index is 0.989. The summed E-state index contributed by atoms with van der Waals surface area (Å²) < 4.78 is 2.13. The summed E-state index contributed by atoms with van der Waals surface area (Å²) in [5.41, 5.74) is 12.3. The number of benzene rings is 7. The highest BCUT2D eigenvalue weighted by molar-refractivity contribution is 6.02. The molecule has 0 radical (unpaired) electrons. The first-order valence-electron chi connectivity index (χ1n) is 16.7. The van der Waals surface area contributed by atoms with Gasteiger partial charge in [0.15, 0.2) is 0 Å². The fraction of sp³-hybridized carbons (Fsp3) is 0.0217. The topological polar surface area (TPSA) is 20.5 Å². The molecule has 9 aromatic rings. The largest absolute Gasteiger partial charge is 0.310 e. The van der Waals surface area contributed by atoms with Crippen molar-refractivity contribution in [2.24, 2.45) is 0 Å². The molecule has 2 heterocycles. The van der Waals surface area contributed by atoms with Crippen molar-refractivity contribution in [1.29, 1.82) is 0 Å². The second kappa shape index (κ2) is 12.0. The monoisotopic (exact) mass is 627 g/mol. The molecule has 2 aromatic heterocycles. The number of aromatic nitrogens is 2. The van der Waals surface area contributed by atoms with Crippen LogP contribution < -0.4 is 4.90 Å². The number of pyridine rings is 1. The van der Waals surface area contributed by atoms with E-state index in [2.05, 4.69) is 198 Å². The van der Waals surface area contributed by atoms with Gasteiger partial charge in [-0.2, -0.15) is 5.10 Å². The van der Waals surface area contributed by atoms with Crippen LogP contribution in [0.1, 0.15) is 5.56 Å². The third kappa shape index (κ3) is 5.04. The van der Waals surface area contributed by atoms with Crippen LogP contribution in [0.15, 0.2) is 182 Å². The van der Waals surface area contributed by atoms with Gasteiger partial charge in [-0.15, -0.1) is 0 Å². The fourth-order valence-corrected chi connectivity index (χ4v) is 7.18. The van der Waals surface area contributed by atoms with Crippen LogP contribution in [0.3, 0.4) is 0 Å². The van der Waals surface area contributed by atoms with Crippen LogP contribution in [0.5, 0.6) is 0 Å². The molecule has 0 saturated carbocycles. The lowest BCUT2D eigenvalue weighted by atomic mass is 10.0. The highest BCUT2D eigenvalue weighted by Crippen LogP contribution is 2.41. The standard InChI is InChI=1S/C46H33N3/c1-32-45(47-49-44(35-17-6-3-7-18-35)31-38-19-9-11-24-42(38)46(32)49)36-26-28-39(29-27-36)48(43-25-13-20-34-16-8-10-23-41(34)43)40-22-12-21-37(30-40)33-14-4-2-5-15-33/h2-31H,1H3. The van der Waals surface area contributed by atoms with E-state index in [4.69, 9.17) is 5.10 Å². The third-order valence-electron chi connectivity index (χ3n) is 9.55. The Morgan fingerprint density at radius 1 is 0.449 bits per heavy atom. The van der Waals surface area contributed by atoms with Crippen molar-refractivity contribution < 1.29 is 0 Å². The maximum absolute atomic E-state index is 5.29. The summed E-state index contributed by atoms with van der Waals surface area (Å²) in [5, 5.41) is 10.1. The van der Waals surface area contributed by atoms with Crippen LogP contribution in [0, 0.1) is 6.92 Å². The number of fused-ring (bicyclic) bond motifs is 4. The molecule has 49 heavy (non-hydrogen) atoms. The van der Waals surface area contributed by atoms with E-state index in [0.29, 0.717) is 0 Å². The van der Waals surface area contributed by atoms with Gasteiger partial charge in [0, 0.05) is 38.8 Å². The Balaban J connectivity index is 1.20. The second-order valence-corrected chi connectivity index (χ2v) is 12.5. The van der Waals surface area contributed by atoms with Gasteiger partial charge in [0.1, 0.15) is 0 Å². The van der Waals surface area contributed by atoms with E-state index in [1.807, 2.05) is 0 Å². The number of aryl methyl sites for hydroxylation is 1. The van der Waals surface area contributed by atoms with Crippen LogP contribution in [0.4, 0.5) is 17.1 Å². The number of rotatable bonds is 6. The van der Waals surface area contributed by atoms with E-state index in [9.17, 15) is 0 Å². The maximum Gasteiger partial charge on any atom is 0.0963 e. The summed E-state index contributed by atoms with van der Waals surface area (Å²) in [6, 6.07) is 64.9. The smallest absolute Gasteiger partial charge is 0.0963 e. The summed E-state index contributed by atoms with van der Waals surface area (Å²) in [7, 11) is 0. The summed E-state index contributed by atoms with van der Waals surface area (Å²) in [4.78, 5) is 2.37. The molecule has 0 aliphatic heterocycles. The molecule has 0 amide bonds. The van der Waals surface area contributed by atoms with Gasteiger partial charge in [-0.3, -0.25) is 0 Å². The molecule has 0 bridgehead atoms. The summed E-state index contributed by atoms with van der Waals surface area (Å²) in [6.45, 7) is 2.20. The van der Waals surface area contributed by atoms with Gasteiger partial charge in [0.25, 0.3) is 0 Å². The van der Waals surface area contributed by atoms with E-state index in [1.165, 1.54) is 38.2 Å². The van der Waals surface area contributed by atoms with Crippen molar-refractivity contribution in [2.75, 3.05) is 4.90 Å². The second-order valence-electron chi connectivity index (χ2n) is 12.5. The zero-order valence-corrected chi connectivity index (χ0v) is 27.2. The van der Waals surface area contributed by atoms with Gasteiger partial charge in [0.2, 0.25) is 0 Å². The quantitative estimate of drug-likeness (QED) is 0.183. The Morgan fingerprint density at radius 2 is 1.06 bits per heavy atom. The van der Waals surface area contributed by atoms with E-state index in [1.54, 1.807) is 0 Å². The summed E-state index contributed by atoms with van der Waals surface area (Å²) >= 11 is 0. The van der Waals surface area contributed by atoms with E-state index in [-0.39, 0.29) is 0 Å². The van der Waals surface area contributed by atoms with E-state index in [0.717, 1.165) is 45.1 Å². The van der Waals surface area contributed by atoms with Crippen molar-refractivity contribution in [3.05, 3.63) is 188 Å². The van der Waals surface area contributed by atoms with Crippen molar-refractivity contribution in [3.63, 3.8) is 0 Å². The molecule has 0 atom stereocenters. The molecule has 9 rings (SSSR count). The molecule has 0 spiro atoms. The zero-order chi connectivity index (χ0) is 32.7. The van der Waals surface area contributed by atoms with Crippen LogP contribution >= 0.6 is 0 Å². The van der Waals surface area contributed by atoms with Crippen LogP contribution in [0.25, 0.3) is 60.7 Å². The van der Waals surface area contributed by atoms with Gasteiger partial charge in [-0.05, 0) is 65.2 Å². The van der Waals surface area contributed by atoms with Crippen molar-refractivity contribution in [3.8, 4) is 33.6 Å². The first kappa shape index (κ1) is 28.7. The number of hydrogen-bond donors (Lipinski definition) is 0. The minimum Gasteiger partial charge on any atom is -0.310 e. The Hall–Kier alpha value is -6.45. The normalized spacial score (nSPS) is 11.4. The lowest BCUT2D eigenvalue weighted by molar-refractivity contribution is 0.979. The number of anilines is 3. The van der Waals surface area contributed by atoms with E-state index >= 15 is 0 Å². The Kier molecular flexibility index (Phi) is 7.02. The van der Waals surface area contributed by atoms with Gasteiger partial charge in [-0.25, -0.2) is 4.52 Å². The molecule has 0 aliphatic rings. The van der Waals surface area contributed by atoms with Crippen molar-refractivity contribution in [2.45, 2.75) is 6.92 Å². The molecule has 7 aromatic carbocycles. The highest BCUT2D eigenvalue weighted by Gasteiger charge is 2.20. The fourth-order valence-electron chi connectivity index (χ4n) is 7.18. The molecular weight excluding hydrogens is 595 g/mol. The average Bonchev–Trinajstić information content (AvgIpc) is 3.53. The summed E-state index contributed by atoms with van der Waals surface area (Å²) in [6.07, 6.45) is 0. The van der Waals surface area contributed by atoms with Gasteiger partial charge in [0.05, 0.1) is 22.6 Å². The molecule has 0 N–H and O–H groups in total. The third-order valence-corrected chi connectivity index (χ3v) is 9.55. The van der Waals surface area contributed by atoms with Crippen LogP contribution in [-0.2, 0) is 0 Å². The first-order valence-corrected chi connectivity index (χ1v) is 16.7. The summed E-state index contributed by atoms with van der Waals surface area (Å²) in [5.74, 6) is 0. The zero-order valence-electron chi connectivity index (χ0n) is 27.2. The predicted octanol–water partition coefficient (Wildman–Crippen LogP) is 12.4. The maximum atomic E-state index is 5.29. The van der Waals surface area contributed by atoms with Gasteiger partial charge >= 0.3 is 0 Å². The lowest BCUT2D eigenvalue weighted by Gasteiger charge is -2.27. The molecule has 3 heteroatoms. The molecule has 0 aliphatic carbocycles. The number of hydrogen-bond acceptors (Lipinski definition) is 2. The minimum atomic E-state index is 0.989. The average molecular weight is 628 g/mol. The van der Waals surface area contributed by atoms with Crippen molar-refractivity contribution in [1.82, 2.24) is 9.61 Å². The van der Waals surface area contributed by atoms with Gasteiger partial charge in [-0.1, -0.05) is 146 Å². The highest BCUT2D eigenvalue weighted by atomic mass is 15.2. The Bertz CT molecular complexity index is 2600. The van der Waals surface area contributed by atoms with Crippen LogP contribution in [-0.4, -0.2) is 9.61 Å². The Labute approximate surface area is 286 Å². The van der Waals surface area contributed by atoms with E-state index < -0.39 is 0 Å². The predicted molar refractivity (Wildman–Crippen MR) is 206 cm³/mol. The molecular formula is C46H33N3. The van der Waals surface area contributed by atoms with Crippen LogP contribution in [0.2, 0.25) is 0 Å². The number of nitrogens with zero attached hydrogens (tertiary/aromatic N) is 3.